The van der Waals surface area contributed by atoms with Crippen LogP contribution in [0.3, 0.4) is 0 Å². The van der Waals surface area contributed by atoms with E-state index in [0.717, 1.165) is 54.1 Å². The summed E-state index contributed by atoms with van der Waals surface area (Å²) in [6, 6.07) is -0.698. The molecule has 5 aliphatic rings. The van der Waals surface area contributed by atoms with Gasteiger partial charge in [-0.1, -0.05) is 0 Å². The molecule has 2 heterocycles. The van der Waals surface area contributed by atoms with Crippen LogP contribution in [-0.4, -0.2) is 62.8 Å². The number of aromatic nitrogens is 2. The molecule has 4 aliphatic carbocycles. The number of fused-ring (bicyclic) bond motifs is 1. The highest BCUT2D eigenvalue weighted by Crippen LogP contribution is 2.61. The van der Waals surface area contributed by atoms with E-state index in [1.807, 2.05) is 0 Å². The number of amides is 2. The molecule has 198 valence electrons. The summed E-state index contributed by atoms with van der Waals surface area (Å²) in [5.41, 5.74) is 1.25. The maximum absolute atomic E-state index is 13.0. The number of anilines is 1. The highest BCUT2D eigenvalue weighted by molar-refractivity contribution is 5.85. The molecule has 1 aromatic heterocycles. The number of nitrogens with one attached hydrogen (secondary N) is 2. The number of aliphatic hydroxyl groups excluding tert-OH is 1. The van der Waals surface area contributed by atoms with E-state index in [-0.39, 0.29) is 17.4 Å². The monoisotopic (exact) mass is 499 g/mol. The molecule has 4 bridgehead atoms. The van der Waals surface area contributed by atoms with Crippen LogP contribution < -0.4 is 10.6 Å². The number of aliphatic hydroxyl groups is 1. The van der Waals surface area contributed by atoms with E-state index in [1.165, 1.54) is 25.6 Å². The van der Waals surface area contributed by atoms with Gasteiger partial charge in [-0.15, -0.1) is 0 Å². The van der Waals surface area contributed by atoms with Gasteiger partial charge in [0.1, 0.15) is 23.8 Å². The molecule has 4 saturated carbocycles. The molecule has 1 aromatic rings. The molecule has 0 saturated heterocycles. The molecule has 9 nitrogen and oxygen atoms in total. The molecule has 1 aliphatic heterocycles. The van der Waals surface area contributed by atoms with Gasteiger partial charge in [0.15, 0.2) is 0 Å². The standard InChI is InChI=1S/C27H41N5O4/c1-16(31-25(35)36-26(2,3)4)24(34)32-6-5-20-21(14-32)29-15-30-23(20)28-13-22(33)27-10-17-7-18(11-27)9-19(8-17)12-27/h15-19,22,33H,5-14H2,1-4H3,(H,31,35)(H,28,29,30)/t16?,17?,18?,19?,22-,27?/m0/s1. The van der Waals surface area contributed by atoms with Gasteiger partial charge in [-0.3, -0.25) is 4.79 Å². The van der Waals surface area contributed by atoms with Gasteiger partial charge in [-0.2, -0.15) is 0 Å². The van der Waals surface area contributed by atoms with Crippen molar-refractivity contribution in [1.29, 1.82) is 0 Å². The Hall–Kier alpha value is -2.42. The van der Waals surface area contributed by atoms with Crippen molar-refractivity contribution in [2.45, 2.75) is 96.9 Å². The van der Waals surface area contributed by atoms with Crippen LogP contribution in [0.15, 0.2) is 6.33 Å². The molecule has 6 rings (SSSR count). The summed E-state index contributed by atoms with van der Waals surface area (Å²) in [5, 5.41) is 17.4. The summed E-state index contributed by atoms with van der Waals surface area (Å²) in [7, 11) is 0. The number of carbonyl (C=O) groups is 2. The van der Waals surface area contributed by atoms with Crippen LogP contribution in [0.2, 0.25) is 0 Å². The fourth-order valence-electron chi connectivity index (χ4n) is 7.51. The van der Waals surface area contributed by atoms with E-state index in [4.69, 9.17) is 4.74 Å². The fourth-order valence-corrected chi connectivity index (χ4v) is 7.51. The zero-order valence-electron chi connectivity index (χ0n) is 22.0. The quantitative estimate of drug-likeness (QED) is 0.550. The van der Waals surface area contributed by atoms with Gasteiger partial charge >= 0.3 is 6.09 Å². The Kier molecular flexibility index (Phi) is 6.64. The molecule has 3 N–H and O–H groups in total. The van der Waals surface area contributed by atoms with Crippen LogP contribution in [0.1, 0.15) is 77.5 Å². The number of hydrogen-bond acceptors (Lipinski definition) is 7. The molecule has 9 heteroatoms. The molecule has 0 radical (unpaired) electrons. The maximum atomic E-state index is 13.0. The van der Waals surface area contributed by atoms with E-state index < -0.39 is 17.7 Å². The van der Waals surface area contributed by atoms with Crippen molar-refractivity contribution in [3.05, 3.63) is 17.6 Å². The predicted octanol–water partition coefficient (Wildman–Crippen LogP) is 3.26. The lowest BCUT2D eigenvalue weighted by Gasteiger charge is -2.58. The second kappa shape index (κ2) is 9.47. The smallest absolute Gasteiger partial charge is 0.408 e. The van der Waals surface area contributed by atoms with Crippen LogP contribution in [0.5, 0.6) is 0 Å². The average molecular weight is 500 g/mol. The highest BCUT2D eigenvalue weighted by Gasteiger charge is 2.53. The minimum absolute atomic E-state index is 0.0648. The highest BCUT2D eigenvalue weighted by atomic mass is 16.6. The van der Waals surface area contributed by atoms with Crippen molar-refractivity contribution in [1.82, 2.24) is 20.2 Å². The van der Waals surface area contributed by atoms with Crippen LogP contribution in [0.4, 0.5) is 10.6 Å². The Labute approximate surface area is 213 Å². The molecule has 2 amide bonds. The first-order valence-corrected chi connectivity index (χ1v) is 13.5. The van der Waals surface area contributed by atoms with Gasteiger partial charge in [0.25, 0.3) is 0 Å². The molecule has 2 atom stereocenters. The number of rotatable bonds is 6. The first kappa shape index (κ1) is 25.2. The topological polar surface area (TPSA) is 117 Å². The molecular formula is C27H41N5O4. The Morgan fingerprint density at radius 1 is 1.17 bits per heavy atom. The summed E-state index contributed by atoms with van der Waals surface area (Å²) in [6.07, 6.45) is 8.74. The molecule has 0 aromatic carbocycles. The van der Waals surface area contributed by atoms with Gasteiger partial charge in [-0.25, -0.2) is 14.8 Å². The molecular weight excluding hydrogens is 458 g/mol. The van der Waals surface area contributed by atoms with E-state index in [9.17, 15) is 14.7 Å². The molecule has 1 unspecified atom stereocenters. The van der Waals surface area contributed by atoms with E-state index in [0.29, 0.717) is 26.1 Å². The summed E-state index contributed by atoms with van der Waals surface area (Å²) in [6.45, 7) is 8.40. The zero-order valence-corrected chi connectivity index (χ0v) is 22.0. The van der Waals surface area contributed by atoms with Crippen LogP contribution >= 0.6 is 0 Å². The summed E-state index contributed by atoms with van der Waals surface area (Å²) >= 11 is 0. The minimum atomic E-state index is -0.698. The van der Waals surface area contributed by atoms with Gasteiger partial charge in [-0.05, 0) is 95.8 Å². The third-order valence-corrected chi connectivity index (χ3v) is 8.68. The first-order chi connectivity index (χ1) is 17.0. The summed E-state index contributed by atoms with van der Waals surface area (Å²) < 4.78 is 5.27. The van der Waals surface area contributed by atoms with Gasteiger partial charge in [0, 0.05) is 18.7 Å². The average Bonchev–Trinajstić information content (AvgIpc) is 2.79. The largest absolute Gasteiger partial charge is 0.444 e. The number of hydrogen-bond donors (Lipinski definition) is 3. The Morgan fingerprint density at radius 3 is 2.42 bits per heavy atom. The zero-order chi connectivity index (χ0) is 25.7. The van der Waals surface area contributed by atoms with Crippen LogP contribution in [0, 0.1) is 23.2 Å². The van der Waals surface area contributed by atoms with Crippen molar-refractivity contribution in [2.24, 2.45) is 23.2 Å². The van der Waals surface area contributed by atoms with Crippen LogP contribution in [-0.2, 0) is 22.5 Å². The molecule has 0 spiro atoms. The second-order valence-corrected chi connectivity index (χ2v) is 12.7. The Morgan fingerprint density at radius 2 is 1.81 bits per heavy atom. The Bertz CT molecular complexity index is 971. The number of carbonyl (C=O) groups excluding carboxylic acids is 2. The van der Waals surface area contributed by atoms with Crippen molar-refractivity contribution >= 4 is 17.8 Å². The van der Waals surface area contributed by atoms with Crippen molar-refractivity contribution in [3.8, 4) is 0 Å². The first-order valence-electron chi connectivity index (χ1n) is 13.5. The molecule has 4 fully saturated rings. The van der Waals surface area contributed by atoms with E-state index in [1.54, 1.807) is 32.6 Å². The lowest BCUT2D eigenvalue weighted by molar-refractivity contribution is -0.134. The SMILES string of the molecule is CC(NC(=O)OC(C)(C)C)C(=O)N1CCc2c(ncnc2NC[C@H](O)C23CC4CC(CC(C4)C2)C3)C1. The normalized spacial score (nSPS) is 30.4. The van der Waals surface area contributed by atoms with Crippen molar-refractivity contribution < 1.29 is 19.4 Å². The predicted molar refractivity (Wildman–Crippen MR) is 135 cm³/mol. The lowest BCUT2D eigenvalue weighted by atomic mass is 9.48. The minimum Gasteiger partial charge on any atom is -0.444 e. The number of ether oxygens (including phenoxy) is 1. The molecule has 36 heavy (non-hydrogen) atoms. The van der Waals surface area contributed by atoms with Gasteiger partial charge in [0.05, 0.1) is 18.3 Å². The Balaban J connectivity index is 1.18. The number of alkyl carbamates (subject to hydrolysis) is 1. The third-order valence-electron chi connectivity index (χ3n) is 8.68. The van der Waals surface area contributed by atoms with Gasteiger partial charge < -0.3 is 25.4 Å². The van der Waals surface area contributed by atoms with E-state index >= 15 is 0 Å². The third kappa shape index (κ3) is 5.17. The van der Waals surface area contributed by atoms with Gasteiger partial charge in [0.2, 0.25) is 5.91 Å². The summed E-state index contributed by atoms with van der Waals surface area (Å²) in [4.78, 5) is 35.7. The lowest BCUT2D eigenvalue weighted by Crippen LogP contribution is -2.53. The van der Waals surface area contributed by atoms with Crippen LogP contribution in [0.25, 0.3) is 0 Å². The maximum Gasteiger partial charge on any atom is 0.408 e. The number of nitrogens with zero attached hydrogens (tertiary/aromatic N) is 3. The van der Waals surface area contributed by atoms with Crippen molar-refractivity contribution in [2.75, 3.05) is 18.4 Å². The van der Waals surface area contributed by atoms with Crippen molar-refractivity contribution in [3.63, 3.8) is 0 Å². The van der Waals surface area contributed by atoms with E-state index in [2.05, 4.69) is 20.6 Å². The fraction of sp³-hybridized carbons (Fsp3) is 0.778. The summed E-state index contributed by atoms with van der Waals surface area (Å²) in [5.74, 6) is 2.99. The second-order valence-electron chi connectivity index (χ2n) is 12.7.